The van der Waals surface area contributed by atoms with Crippen LogP contribution in [0.5, 0.6) is 0 Å². The summed E-state index contributed by atoms with van der Waals surface area (Å²) in [7, 11) is 4.34. The van der Waals surface area contributed by atoms with Gasteiger partial charge in [0.1, 0.15) is 5.00 Å². The Labute approximate surface area is 172 Å². The largest absolute Gasteiger partial charge is 0.462 e. The molecule has 1 aliphatic carbocycles. The highest BCUT2D eigenvalue weighted by molar-refractivity contribution is 7.17. The number of ether oxygens (including phenoxy) is 1. The Morgan fingerprint density at radius 3 is 2.68 bits per heavy atom. The molecular weight excluding hydrogens is 374 g/mol. The molecule has 2 heterocycles. The third-order valence-corrected chi connectivity index (χ3v) is 7.39. The first-order chi connectivity index (χ1) is 13.4. The van der Waals surface area contributed by atoms with Crippen LogP contribution in [0.4, 0.5) is 5.00 Å². The van der Waals surface area contributed by atoms with Crippen LogP contribution < -0.4 is 15.1 Å². The monoisotopic (exact) mass is 409 g/mol. The number of fused-ring (bicyclic) bond motifs is 1. The van der Waals surface area contributed by atoms with Gasteiger partial charge in [-0.05, 0) is 37.7 Å². The molecule has 1 amide bonds. The molecule has 0 aromatic carbocycles. The Morgan fingerprint density at radius 1 is 1.29 bits per heavy atom. The molecule has 1 unspecified atom stereocenters. The van der Waals surface area contributed by atoms with Crippen molar-refractivity contribution in [3.05, 3.63) is 16.0 Å². The second-order valence-electron chi connectivity index (χ2n) is 8.58. The lowest BCUT2D eigenvalue weighted by molar-refractivity contribution is -0.935. The number of likely N-dealkylation sites (N-methyl/N-ethyl adjacent to an activating group) is 1. The number of esters is 1. The van der Waals surface area contributed by atoms with Crippen LogP contribution in [-0.4, -0.2) is 58.3 Å². The zero-order valence-corrected chi connectivity index (χ0v) is 18.5. The molecule has 0 radical (unpaired) electrons. The molecule has 1 fully saturated rings. The van der Waals surface area contributed by atoms with E-state index in [9.17, 15) is 9.59 Å². The summed E-state index contributed by atoms with van der Waals surface area (Å²) in [6.07, 6.45) is 5.26. The second kappa shape index (κ2) is 9.37. The van der Waals surface area contributed by atoms with Crippen molar-refractivity contribution in [1.82, 2.24) is 0 Å². The van der Waals surface area contributed by atoms with E-state index in [1.165, 1.54) is 22.9 Å². The Kier molecular flexibility index (Phi) is 7.12. The average molecular weight is 410 g/mol. The molecule has 2 atom stereocenters. The van der Waals surface area contributed by atoms with Gasteiger partial charge in [0, 0.05) is 17.7 Å². The highest BCUT2D eigenvalue weighted by Gasteiger charge is 2.31. The fourth-order valence-electron chi connectivity index (χ4n) is 4.43. The molecule has 1 aliphatic heterocycles. The van der Waals surface area contributed by atoms with Gasteiger partial charge in [-0.15, -0.1) is 11.3 Å². The molecule has 6 nitrogen and oxygen atoms in total. The fraction of sp³-hybridized carbons (Fsp3) is 0.714. The topological polar surface area (TPSA) is 64.3 Å². The minimum atomic E-state index is -0.302. The summed E-state index contributed by atoms with van der Waals surface area (Å²) in [4.78, 5) is 29.4. The number of amides is 1. The van der Waals surface area contributed by atoms with E-state index in [-0.39, 0.29) is 11.9 Å². The summed E-state index contributed by atoms with van der Waals surface area (Å²) in [5, 5.41) is 3.74. The number of rotatable bonds is 6. The zero-order valence-electron chi connectivity index (χ0n) is 17.7. The maximum Gasteiger partial charge on any atom is 0.341 e. The van der Waals surface area contributed by atoms with Gasteiger partial charge in [0.15, 0.2) is 6.54 Å². The molecule has 156 valence electrons. The van der Waals surface area contributed by atoms with Crippen LogP contribution in [-0.2, 0) is 22.4 Å². The van der Waals surface area contributed by atoms with Crippen LogP contribution in [0, 0.1) is 5.92 Å². The smallest absolute Gasteiger partial charge is 0.341 e. The zero-order chi connectivity index (χ0) is 20.3. The number of hydrogen-bond donors (Lipinski definition) is 3. The van der Waals surface area contributed by atoms with Crippen molar-refractivity contribution in [2.75, 3.05) is 45.7 Å². The number of carbonyl (C=O) groups is 2. The number of carbonyl (C=O) groups excluding carboxylic acids is 2. The molecule has 1 saturated heterocycles. The molecule has 0 bridgehead atoms. The molecule has 28 heavy (non-hydrogen) atoms. The van der Waals surface area contributed by atoms with Gasteiger partial charge >= 0.3 is 5.97 Å². The van der Waals surface area contributed by atoms with Gasteiger partial charge in [-0.2, -0.15) is 0 Å². The highest BCUT2D eigenvalue weighted by Crippen LogP contribution is 2.40. The maximum atomic E-state index is 12.8. The quantitative estimate of drug-likeness (QED) is 0.588. The van der Waals surface area contributed by atoms with E-state index >= 15 is 0 Å². The normalized spacial score (nSPS) is 25.6. The number of likely N-dealkylation sites (tertiary alicyclic amines) is 1. The predicted octanol–water partition coefficient (Wildman–Crippen LogP) is 0.180. The molecule has 3 N–H and O–H groups in total. The maximum absolute atomic E-state index is 12.8. The minimum absolute atomic E-state index is 0.0130. The van der Waals surface area contributed by atoms with Crippen molar-refractivity contribution < 1.29 is 24.1 Å². The van der Waals surface area contributed by atoms with E-state index in [0.717, 1.165) is 37.7 Å². The van der Waals surface area contributed by atoms with Gasteiger partial charge in [0.25, 0.3) is 5.91 Å². The van der Waals surface area contributed by atoms with Crippen molar-refractivity contribution in [3.63, 3.8) is 0 Å². The first-order valence-electron chi connectivity index (χ1n) is 10.6. The van der Waals surface area contributed by atoms with E-state index < -0.39 is 0 Å². The summed E-state index contributed by atoms with van der Waals surface area (Å²) in [5.74, 6) is 0.303. The number of thiophene rings is 1. The van der Waals surface area contributed by atoms with Gasteiger partial charge in [-0.25, -0.2) is 4.79 Å². The number of hydrogen-bond acceptors (Lipinski definition) is 4. The van der Waals surface area contributed by atoms with Gasteiger partial charge in [-0.1, -0.05) is 6.92 Å². The second-order valence-corrected chi connectivity index (χ2v) is 9.68. The third kappa shape index (κ3) is 4.93. The van der Waals surface area contributed by atoms with Crippen LogP contribution in [0.3, 0.4) is 0 Å². The Bertz CT molecular complexity index is 710. The lowest BCUT2D eigenvalue weighted by Crippen LogP contribution is -3.18. The standard InChI is InChI=1S/C21H33N3O3S/c1-5-27-21(26)19-16-7-6-14(2)12-17(16)28-20(19)22-18(25)13-24(4)15-8-10-23(3)11-9-15/h14-15H,5-13H2,1-4H3,(H,22,25)/p+2/t14-/m0/s1. The summed E-state index contributed by atoms with van der Waals surface area (Å²) in [6.45, 7) is 7.19. The Morgan fingerprint density at radius 2 is 2.00 bits per heavy atom. The average Bonchev–Trinajstić information content (AvgIpc) is 2.98. The molecule has 1 aromatic heterocycles. The number of anilines is 1. The van der Waals surface area contributed by atoms with E-state index in [0.29, 0.717) is 35.7 Å². The van der Waals surface area contributed by atoms with Crippen LogP contribution in [0.2, 0.25) is 0 Å². The van der Waals surface area contributed by atoms with E-state index in [1.807, 2.05) is 6.92 Å². The van der Waals surface area contributed by atoms with Crippen molar-refractivity contribution in [2.24, 2.45) is 5.92 Å². The van der Waals surface area contributed by atoms with Crippen LogP contribution in [0.15, 0.2) is 0 Å². The van der Waals surface area contributed by atoms with Crippen molar-refractivity contribution in [2.45, 2.75) is 52.0 Å². The van der Waals surface area contributed by atoms with Gasteiger partial charge in [0.2, 0.25) is 0 Å². The van der Waals surface area contributed by atoms with Crippen LogP contribution in [0.25, 0.3) is 0 Å². The van der Waals surface area contributed by atoms with Crippen LogP contribution >= 0.6 is 11.3 Å². The van der Waals surface area contributed by atoms with Gasteiger partial charge in [-0.3, -0.25) is 4.79 Å². The van der Waals surface area contributed by atoms with Gasteiger partial charge in [0.05, 0.1) is 45.4 Å². The van der Waals surface area contributed by atoms with Crippen LogP contribution in [0.1, 0.15) is 53.9 Å². The molecular formula is C21H35N3O3S+2. The molecule has 3 rings (SSSR count). The van der Waals surface area contributed by atoms with Gasteiger partial charge < -0.3 is 19.9 Å². The highest BCUT2D eigenvalue weighted by atomic mass is 32.1. The number of nitrogens with one attached hydrogen (secondary N) is 3. The third-order valence-electron chi connectivity index (χ3n) is 6.22. The minimum Gasteiger partial charge on any atom is -0.462 e. The summed E-state index contributed by atoms with van der Waals surface area (Å²) in [5.41, 5.74) is 1.69. The lowest BCUT2D eigenvalue weighted by atomic mass is 9.88. The SMILES string of the molecule is CCOC(=O)c1c(NC(=O)C[NH+](C)C2CC[NH+](C)CC2)sc2c1CC[C@H](C)C2. The number of piperidine rings is 1. The number of quaternary nitrogens is 2. The first-order valence-corrected chi connectivity index (χ1v) is 11.5. The fourth-order valence-corrected chi connectivity index (χ4v) is 5.84. The predicted molar refractivity (Wildman–Crippen MR) is 111 cm³/mol. The van der Waals surface area contributed by atoms with E-state index in [2.05, 4.69) is 26.3 Å². The Hall–Kier alpha value is -1.44. The molecule has 0 saturated carbocycles. The Balaban J connectivity index is 1.70. The summed E-state index contributed by atoms with van der Waals surface area (Å²) < 4.78 is 5.30. The van der Waals surface area contributed by atoms with Crippen molar-refractivity contribution in [1.29, 1.82) is 0 Å². The summed E-state index contributed by atoms with van der Waals surface area (Å²) >= 11 is 1.57. The van der Waals surface area contributed by atoms with E-state index in [1.54, 1.807) is 16.2 Å². The molecule has 2 aliphatic rings. The van der Waals surface area contributed by atoms with E-state index in [4.69, 9.17) is 4.74 Å². The molecule has 1 aromatic rings. The lowest BCUT2D eigenvalue weighted by Gasteiger charge is -2.30. The van der Waals surface area contributed by atoms with Crippen molar-refractivity contribution in [3.8, 4) is 0 Å². The molecule has 0 spiro atoms. The molecule has 7 heteroatoms. The van der Waals surface area contributed by atoms with Crippen molar-refractivity contribution >= 4 is 28.2 Å². The summed E-state index contributed by atoms with van der Waals surface area (Å²) in [6, 6.07) is 0.538. The first kappa shape index (κ1) is 21.3.